The molecule has 0 aromatic heterocycles. The van der Waals surface area contributed by atoms with Crippen molar-refractivity contribution >= 4 is 5.57 Å². The van der Waals surface area contributed by atoms with Crippen molar-refractivity contribution in [2.24, 2.45) is 0 Å². The van der Waals surface area contributed by atoms with Crippen molar-refractivity contribution in [1.82, 2.24) is 0 Å². The molecule has 1 aromatic rings. The minimum Gasteiger partial charge on any atom is -0.0871 e. The second-order valence-corrected chi connectivity index (χ2v) is 3.11. The zero-order chi connectivity index (χ0) is 11.7. The molecule has 0 aliphatic carbocycles. The molecule has 15 heavy (non-hydrogen) atoms. The maximum Gasteiger partial charge on any atom is -0.0187 e. The Morgan fingerprint density at radius 2 is 1.53 bits per heavy atom. The Morgan fingerprint density at radius 1 is 1.00 bits per heavy atom. The summed E-state index contributed by atoms with van der Waals surface area (Å²) in [5, 5.41) is 0. The van der Waals surface area contributed by atoms with Crippen LogP contribution in [0.15, 0.2) is 42.5 Å². The van der Waals surface area contributed by atoms with Crippen molar-refractivity contribution in [2.45, 2.75) is 34.6 Å². The molecule has 0 radical (unpaired) electrons. The van der Waals surface area contributed by atoms with Crippen LogP contribution in [-0.2, 0) is 0 Å². The van der Waals surface area contributed by atoms with Gasteiger partial charge >= 0.3 is 0 Å². The lowest BCUT2D eigenvalue weighted by molar-refractivity contribution is 1.45. The van der Waals surface area contributed by atoms with Gasteiger partial charge in [0.15, 0.2) is 0 Å². The van der Waals surface area contributed by atoms with Gasteiger partial charge in [-0.25, -0.2) is 0 Å². The molecule has 0 saturated carbocycles. The predicted molar refractivity (Wildman–Crippen MR) is 71.0 cm³/mol. The summed E-state index contributed by atoms with van der Waals surface area (Å²) in [5.74, 6) is 0. The lowest BCUT2D eigenvalue weighted by Crippen LogP contribution is -1.80. The van der Waals surface area contributed by atoms with Crippen molar-refractivity contribution < 1.29 is 0 Å². The van der Waals surface area contributed by atoms with Gasteiger partial charge < -0.3 is 0 Å². The van der Waals surface area contributed by atoms with Crippen LogP contribution in [0.2, 0.25) is 0 Å². The number of allylic oxidation sites excluding steroid dienone is 4. The van der Waals surface area contributed by atoms with E-state index in [-0.39, 0.29) is 0 Å². The number of benzene rings is 1. The summed E-state index contributed by atoms with van der Waals surface area (Å²) >= 11 is 0. The summed E-state index contributed by atoms with van der Waals surface area (Å²) in [6, 6.07) is 8.60. The summed E-state index contributed by atoms with van der Waals surface area (Å²) in [6.45, 7) is 10.2. The van der Waals surface area contributed by atoms with Crippen molar-refractivity contribution in [1.29, 1.82) is 0 Å². The van der Waals surface area contributed by atoms with Crippen LogP contribution < -0.4 is 0 Å². The molecule has 0 aliphatic heterocycles. The first-order valence-corrected chi connectivity index (χ1v) is 5.64. The Morgan fingerprint density at radius 3 is 1.93 bits per heavy atom. The average molecular weight is 202 g/mol. The SMILES string of the molecule is C/C=C\C(=C/C)c1ccc(C)cc1.CC. The molecule has 0 heterocycles. The van der Waals surface area contributed by atoms with E-state index in [2.05, 4.69) is 56.3 Å². The fraction of sp³-hybridized carbons (Fsp3) is 0.333. The van der Waals surface area contributed by atoms with Gasteiger partial charge in [0.05, 0.1) is 0 Å². The van der Waals surface area contributed by atoms with Gasteiger partial charge in [-0.2, -0.15) is 0 Å². The smallest absolute Gasteiger partial charge is 0.0187 e. The maximum atomic E-state index is 2.16. The lowest BCUT2D eigenvalue weighted by Gasteiger charge is -2.01. The van der Waals surface area contributed by atoms with Crippen LogP contribution in [0.1, 0.15) is 38.8 Å². The highest BCUT2D eigenvalue weighted by atomic mass is 14.0. The summed E-state index contributed by atoms with van der Waals surface area (Å²) < 4.78 is 0. The molecule has 0 unspecified atom stereocenters. The number of hydrogen-bond acceptors (Lipinski definition) is 0. The molecule has 1 aromatic carbocycles. The Balaban J connectivity index is 0.000000921. The molecule has 0 amide bonds. The third-order valence-corrected chi connectivity index (χ3v) is 2.04. The maximum absolute atomic E-state index is 2.16. The van der Waals surface area contributed by atoms with E-state index in [4.69, 9.17) is 0 Å². The van der Waals surface area contributed by atoms with Crippen molar-refractivity contribution in [3.63, 3.8) is 0 Å². The Hall–Kier alpha value is -1.30. The molecule has 0 saturated heterocycles. The van der Waals surface area contributed by atoms with Crippen LogP contribution in [-0.4, -0.2) is 0 Å². The van der Waals surface area contributed by atoms with E-state index in [1.54, 1.807) is 0 Å². The number of aryl methyl sites for hydroxylation is 1. The first-order chi connectivity index (χ1) is 7.27. The molecule has 0 spiro atoms. The van der Waals surface area contributed by atoms with Crippen LogP contribution in [0, 0.1) is 6.92 Å². The highest BCUT2D eigenvalue weighted by Gasteiger charge is 1.94. The van der Waals surface area contributed by atoms with Crippen molar-refractivity contribution in [3.8, 4) is 0 Å². The van der Waals surface area contributed by atoms with Crippen LogP contribution in [0.25, 0.3) is 5.57 Å². The van der Waals surface area contributed by atoms with Gasteiger partial charge in [0.2, 0.25) is 0 Å². The van der Waals surface area contributed by atoms with Crippen LogP contribution in [0.3, 0.4) is 0 Å². The highest BCUT2D eigenvalue weighted by Crippen LogP contribution is 2.16. The number of hydrogen-bond donors (Lipinski definition) is 0. The van der Waals surface area contributed by atoms with E-state index in [9.17, 15) is 0 Å². The monoisotopic (exact) mass is 202 g/mol. The van der Waals surface area contributed by atoms with Gasteiger partial charge in [-0.15, -0.1) is 0 Å². The average Bonchev–Trinajstić information content (AvgIpc) is 2.30. The van der Waals surface area contributed by atoms with Crippen LogP contribution in [0.5, 0.6) is 0 Å². The molecule has 0 N–H and O–H groups in total. The van der Waals surface area contributed by atoms with E-state index in [1.165, 1.54) is 16.7 Å². The first-order valence-electron chi connectivity index (χ1n) is 5.64. The van der Waals surface area contributed by atoms with Gasteiger partial charge in [-0.05, 0) is 31.9 Å². The first kappa shape index (κ1) is 13.7. The minimum absolute atomic E-state index is 1.28. The molecular formula is C15H22. The predicted octanol–water partition coefficient (Wildman–Crippen LogP) is 5.00. The van der Waals surface area contributed by atoms with E-state index in [0.717, 1.165) is 0 Å². The Bertz CT molecular complexity index is 312. The normalized spacial score (nSPS) is 11.1. The molecule has 82 valence electrons. The molecule has 0 heteroatoms. The molecule has 1 rings (SSSR count). The molecule has 0 bridgehead atoms. The minimum atomic E-state index is 1.28. The van der Waals surface area contributed by atoms with Gasteiger partial charge in [0, 0.05) is 0 Å². The molecule has 0 atom stereocenters. The van der Waals surface area contributed by atoms with Gasteiger partial charge in [0.25, 0.3) is 0 Å². The Kier molecular flexibility index (Phi) is 7.35. The zero-order valence-electron chi connectivity index (χ0n) is 10.5. The molecule has 0 nitrogen and oxygen atoms in total. The second kappa shape index (κ2) is 8.05. The highest BCUT2D eigenvalue weighted by molar-refractivity contribution is 5.73. The quantitative estimate of drug-likeness (QED) is 0.592. The van der Waals surface area contributed by atoms with Gasteiger partial charge in [-0.1, -0.05) is 61.9 Å². The molecule has 0 fully saturated rings. The second-order valence-electron chi connectivity index (χ2n) is 3.11. The third kappa shape index (κ3) is 4.64. The summed E-state index contributed by atoms with van der Waals surface area (Å²) in [4.78, 5) is 0. The van der Waals surface area contributed by atoms with Gasteiger partial charge in [0.1, 0.15) is 0 Å². The fourth-order valence-corrected chi connectivity index (χ4v) is 1.28. The largest absolute Gasteiger partial charge is 0.0871 e. The summed E-state index contributed by atoms with van der Waals surface area (Å²) in [7, 11) is 0. The van der Waals surface area contributed by atoms with Crippen LogP contribution >= 0.6 is 0 Å². The van der Waals surface area contributed by atoms with E-state index in [1.807, 2.05) is 20.8 Å². The fourth-order valence-electron chi connectivity index (χ4n) is 1.28. The van der Waals surface area contributed by atoms with Crippen molar-refractivity contribution in [3.05, 3.63) is 53.6 Å². The molecule has 0 aliphatic rings. The zero-order valence-corrected chi connectivity index (χ0v) is 10.5. The lowest BCUT2D eigenvalue weighted by atomic mass is 10.0. The standard InChI is InChI=1S/C13H16.C2H6/c1-4-6-12(5-2)13-9-7-11(3)8-10-13;1-2/h4-10H,1-3H3;1-2H3/b6-4-,12-5+;. The Labute approximate surface area is 94.3 Å². The summed E-state index contributed by atoms with van der Waals surface area (Å²) in [6.07, 6.45) is 6.32. The molecular weight excluding hydrogens is 180 g/mol. The number of rotatable bonds is 2. The summed E-state index contributed by atoms with van der Waals surface area (Å²) in [5.41, 5.74) is 3.87. The third-order valence-electron chi connectivity index (χ3n) is 2.04. The van der Waals surface area contributed by atoms with E-state index >= 15 is 0 Å². The van der Waals surface area contributed by atoms with Crippen LogP contribution in [0.4, 0.5) is 0 Å². The van der Waals surface area contributed by atoms with Gasteiger partial charge in [-0.3, -0.25) is 0 Å². The topological polar surface area (TPSA) is 0 Å². The van der Waals surface area contributed by atoms with E-state index < -0.39 is 0 Å². The van der Waals surface area contributed by atoms with E-state index in [0.29, 0.717) is 0 Å². The van der Waals surface area contributed by atoms with Crippen molar-refractivity contribution in [2.75, 3.05) is 0 Å².